The minimum absolute atomic E-state index is 0.663. The second-order valence-corrected chi connectivity index (χ2v) is 4.10. The Hall–Kier alpha value is -1.50. The molecule has 3 rings (SSSR count). The van der Waals surface area contributed by atoms with E-state index >= 15 is 0 Å². The molecule has 0 bridgehead atoms. The van der Waals surface area contributed by atoms with Gasteiger partial charge in [-0.2, -0.15) is 0 Å². The highest BCUT2D eigenvalue weighted by atomic mass is 14.7. The molecule has 1 heterocycles. The summed E-state index contributed by atoms with van der Waals surface area (Å²) in [6, 6.07) is 8.51. The summed E-state index contributed by atoms with van der Waals surface area (Å²) in [7, 11) is 0. The Morgan fingerprint density at radius 3 is 3.07 bits per heavy atom. The third kappa shape index (κ3) is 1.02. The minimum atomic E-state index is 0.663. The summed E-state index contributed by atoms with van der Waals surface area (Å²) in [5.74, 6) is 0.663. The fourth-order valence-corrected chi connectivity index (χ4v) is 2.22. The smallest absolute Gasteiger partial charge is 0.0462 e. The molecule has 0 radical (unpaired) electrons. The van der Waals surface area contributed by atoms with E-state index in [1.165, 1.54) is 22.2 Å². The first kappa shape index (κ1) is 7.86. The Morgan fingerprint density at radius 1 is 1.29 bits per heavy atom. The van der Waals surface area contributed by atoms with Gasteiger partial charge in [0, 0.05) is 22.2 Å². The molecule has 1 heteroatoms. The highest BCUT2D eigenvalue weighted by molar-refractivity contribution is 5.91. The number of rotatable bonds is 0. The molecule has 0 amide bonds. The monoisotopic (exact) mass is 183 g/mol. The number of allylic oxidation sites excluding steroid dienone is 1. The van der Waals surface area contributed by atoms with Gasteiger partial charge in [0.1, 0.15) is 0 Å². The van der Waals surface area contributed by atoms with Crippen LogP contribution < -0.4 is 0 Å². The molecule has 1 nitrogen and oxygen atoms in total. The summed E-state index contributed by atoms with van der Waals surface area (Å²) in [5, 5.41) is 1.35. The van der Waals surface area contributed by atoms with Crippen LogP contribution in [0.15, 0.2) is 30.3 Å². The Balaban J connectivity index is 2.32. The quantitative estimate of drug-likeness (QED) is 0.644. The standard InChI is InChI=1S/C13H13N/c1-9-6-7-11-10-4-2-3-5-12(10)14-13(11)8-9/h2-7,9,14H,8H2,1H3. The number of hydrogen-bond donors (Lipinski definition) is 1. The first-order chi connectivity index (χ1) is 6.84. The van der Waals surface area contributed by atoms with Gasteiger partial charge in [0.25, 0.3) is 0 Å². The van der Waals surface area contributed by atoms with Crippen LogP contribution in [0.2, 0.25) is 0 Å². The molecule has 1 aliphatic rings. The van der Waals surface area contributed by atoms with Crippen LogP contribution in [0.25, 0.3) is 17.0 Å². The van der Waals surface area contributed by atoms with E-state index in [4.69, 9.17) is 0 Å². The van der Waals surface area contributed by atoms with Crippen molar-refractivity contribution >= 4 is 17.0 Å². The number of aromatic nitrogens is 1. The highest BCUT2D eigenvalue weighted by Gasteiger charge is 2.14. The lowest BCUT2D eigenvalue weighted by Gasteiger charge is -2.11. The third-order valence-corrected chi connectivity index (χ3v) is 2.95. The molecule has 70 valence electrons. The summed E-state index contributed by atoms with van der Waals surface area (Å²) in [5.41, 5.74) is 4.04. The zero-order valence-corrected chi connectivity index (χ0v) is 8.25. The third-order valence-electron chi connectivity index (χ3n) is 2.95. The van der Waals surface area contributed by atoms with Crippen molar-refractivity contribution in [3.05, 3.63) is 41.6 Å². The maximum atomic E-state index is 3.50. The van der Waals surface area contributed by atoms with Gasteiger partial charge in [-0.1, -0.05) is 37.3 Å². The summed E-state index contributed by atoms with van der Waals surface area (Å²) in [4.78, 5) is 3.50. The topological polar surface area (TPSA) is 15.8 Å². The van der Waals surface area contributed by atoms with E-state index in [0.29, 0.717) is 5.92 Å². The zero-order valence-electron chi connectivity index (χ0n) is 8.25. The van der Waals surface area contributed by atoms with Crippen molar-refractivity contribution in [1.82, 2.24) is 4.98 Å². The number of para-hydroxylation sites is 1. The lowest BCUT2D eigenvalue weighted by Crippen LogP contribution is -2.01. The molecule has 0 spiro atoms. The fraction of sp³-hybridized carbons (Fsp3) is 0.231. The maximum Gasteiger partial charge on any atom is 0.0462 e. The molecule has 14 heavy (non-hydrogen) atoms. The Labute approximate surface area is 83.5 Å². The molecule has 1 unspecified atom stereocenters. The van der Waals surface area contributed by atoms with Crippen molar-refractivity contribution in [3.8, 4) is 0 Å². The SMILES string of the molecule is CC1C=Cc2c([nH]c3ccccc23)C1. The van der Waals surface area contributed by atoms with Gasteiger partial charge in [-0.15, -0.1) is 0 Å². The number of H-pyrrole nitrogens is 1. The molecule has 1 atom stereocenters. The van der Waals surface area contributed by atoms with Crippen LogP contribution in [0.5, 0.6) is 0 Å². The molecule has 0 saturated carbocycles. The number of hydrogen-bond acceptors (Lipinski definition) is 0. The van der Waals surface area contributed by atoms with Gasteiger partial charge in [-0.3, -0.25) is 0 Å². The highest BCUT2D eigenvalue weighted by Crippen LogP contribution is 2.29. The van der Waals surface area contributed by atoms with Crippen LogP contribution in [-0.4, -0.2) is 4.98 Å². The molecule has 0 fully saturated rings. The second-order valence-electron chi connectivity index (χ2n) is 4.10. The van der Waals surface area contributed by atoms with Crippen molar-refractivity contribution < 1.29 is 0 Å². The number of fused-ring (bicyclic) bond motifs is 3. The molecular weight excluding hydrogens is 170 g/mol. The molecule has 2 aromatic rings. The first-order valence-electron chi connectivity index (χ1n) is 5.12. The van der Waals surface area contributed by atoms with Crippen molar-refractivity contribution in [2.75, 3.05) is 0 Å². The van der Waals surface area contributed by atoms with E-state index in [9.17, 15) is 0 Å². The van der Waals surface area contributed by atoms with Crippen LogP contribution in [0, 0.1) is 5.92 Å². The van der Waals surface area contributed by atoms with Gasteiger partial charge < -0.3 is 4.98 Å². The van der Waals surface area contributed by atoms with E-state index < -0.39 is 0 Å². The van der Waals surface area contributed by atoms with E-state index in [-0.39, 0.29) is 0 Å². The lowest BCUT2D eigenvalue weighted by atomic mass is 9.95. The number of aromatic amines is 1. The van der Waals surface area contributed by atoms with E-state index in [1.807, 2.05) is 0 Å². The van der Waals surface area contributed by atoms with Gasteiger partial charge in [0.2, 0.25) is 0 Å². The Bertz CT molecular complexity index is 505. The zero-order chi connectivity index (χ0) is 9.54. The van der Waals surface area contributed by atoms with E-state index in [0.717, 1.165) is 6.42 Å². The van der Waals surface area contributed by atoms with Crippen molar-refractivity contribution in [2.45, 2.75) is 13.3 Å². The molecule has 1 N–H and O–H groups in total. The number of benzene rings is 1. The average Bonchev–Trinajstić information content (AvgIpc) is 2.54. The predicted octanol–water partition coefficient (Wildman–Crippen LogP) is 3.37. The molecule has 1 aromatic carbocycles. The summed E-state index contributed by atoms with van der Waals surface area (Å²) in [6.07, 6.45) is 5.69. The molecular formula is C13H13N. The predicted molar refractivity (Wildman–Crippen MR) is 60.2 cm³/mol. The molecule has 1 aliphatic carbocycles. The first-order valence-corrected chi connectivity index (χ1v) is 5.12. The molecule has 1 aromatic heterocycles. The van der Waals surface area contributed by atoms with E-state index in [1.54, 1.807) is 0 Å². The van der Waals surface area contributed by atoms with Gasteiger partial charge >= 0.3 is 0 Å². The Morgan fingerprint density at radius 2 is 2.14 bits per heavy atom. The van der Waals surface area contributed by atoms with Crippen LogP contribution in [0.1, 0.15) is 18.2 Å². The summed E-state index contributed by atoms with van der Waals surface area (Å²) in [6.45, 7) is 2.25. The largest absolute Gasteiger partial charge is 0.358 e. The number of nitrogens with one attached hydrogen (secondary N) is 1. The fourth-order valence-electron chi connectivity index (χ4n) is 2.22. The van der Waals surface area contributed by atoms with Crippen LogP contribution in [0.3, 0.4) is 0 Å². The average molecular weight is 183 g/mol. The van der Waals surface area contributed by atoms with Crippen LogP contribution >= 0.6 is 0 Å². The van der Waals surface area contributed by atoms with E-state index in [2.05, 4.69) is 48.3 Å². The minimum Gasteiger partial charge on any atom is -0.358 e. The normalized spacial score (nSPS) is 19.9. The van der Waals surface area contributed by atoms with Crippen LogP contribution in [0.4, 0.5) is 0 Å². The molecule has 0 saturated heterocycles. The second kappa shape index (κ2) is 2.74. The van der Waals surface area contributed by atoms with Crippen molar-refractivity contribution in [2.24, 2.45) is 5.92 Å². The summed E-state index contributed by atoms with van der Waals surface area (Å²) < 4.78 is 0. The van der Waals surface area contributed by atoms with Gasteiger partial charge in [-0.05, 0) is 18.4 Å². The lowest BCUT2D eigenvalue weighted by molar-refractivity contribution is 0.705. The van der Waals surface area contributed by atoms with Crippen molar-refractivity contribution in [1.29, 1.82) is 0 Å². The molecule has 0 aliphatic heterocycles. The van der Waals surface area contributed by atoms with Gasteiger partial charge in [0.15, 0.2) is 0 Å². The van der Waals surface area contributed by atoms with Gasteiger partial charge in [0.05, 0.1) is 0 Å². The van der Waals surface area contributed by atoms with Crippen LogP contribution in [-0.2, 0) is 6.42 Å². The summed E-state index contributed by atoms with van der Waals surface area (Å²) >= 11 is 0. The van der Waals surface area contributed by atoms with Crippen molar-refractivity contribution in [3.63, 3.8) is 0 Å². The Kier molecular flexibility index (Phi) is 1.54. The van der Waals surface area contributed by atoms with Gasteiger partial charge in [-0.25, -0.2) is 0 Å². The maximum absolute atomic E-state index is 3.50.